The molecule has 0 saturated carbocycles. The van der Waals surface area contributed by atoms with Gasteiger partial charge in [-0.1, -0.05) is 37.6 Å². The molecule has 1 aromatic carbocycles. The van der Waals surface area contributed by atoms with Gasteiger partial charge in [0, 0.05) is 17.5 Å². The highest BCUT2D eigenvalue weighted by Crippen LogP contribution is 2.38. The van der Waals surface area contributed by atoms with E-state index in [-0.39, 0.29) is 0 Å². The maximum Gasteiger partial charge on any atom is 0.138 e. The lowest BCUT2D eigenvalue weighted by Crippen LogP contribution is -2.06. The van der Waals surface area contributed by atoms with Gasteiger partial charge < -0.3 is 5.32 Å². The van der Waals surface area contributed by atoms with Crippen LogP contribution in [0.4, 0.5) is 5.82 Å². The average Bonchev–Trinajstić information content (AvgIpc) is 2.92. The molecular weight excluding hydrogens is 302 g/mol. The van der Waals surface area contributed by atoms with Crippen LogP contribution < -0.4 is 5.32 Å². The minimum Gasteiger partial charge on any atom is -0.369 e. The number of hydrogen-bond donors (Lipinski definition) is 1. The second kappa shape index (κ2) is 6.67. The molecule has 3 nitrogen and oxygen atoms in total. The van der Waals surface area contributed by atoms with Crippen LogP contribution in [0.2, 0.25) is 0 Å². The Morgan fingerprint density at radius 2 is 1.96 bits per heavy atom. The molecule has 0 atom stereocenters. The Morgan fingerprint density at radius 3 is 2.70 bits per heavy atom. The van der Waals surface area contributed by atoms with Crippen molar-refractivity contribution in [3.8, 4) is 11.1 Å². The number of hydrogen-bond acceptors (Lipinski definition) is 4. The molecule has 0 aliphatic heterocycles. The van der Waals surface area contributed by atoms with Gasteiger partial charge in [-0.25, -0.2) is 9.97 Å². The van der Waals surface area contributed by atoms with E-state index < -0.39 is 0 Å². The SMILES string of the molecule is Cc1ccc(-c2csc3ncnc(NCCC(C)C)c23)c(C)c1. The Hall–Kier alpha value is -1.94. The molecule has 0 amide bonds. The normalized spacial score (nSPS) is 11.3. The van der Waals surface area contributed by atoms with Gasteiger partial charge in [0.25, 0.3) is 0 Å². The third-order valence-electron chi connectivity index (χ3n) is 4.06. The molecule has 23 heavy (non-hydrogen) atoms. The fourth-order valence-electron chi connectivity index (χ4n) is 2.80. The van der Waals surface area contributed by atoms with Gasteiger partial charge in [-0.3, -0.25) is 0 Å². The molecule has 2 aromatic heterocycles. The number of aryl methyl sites for hydroxylation is 2. The average molecular weight is 325 g/mol. The van der Waals surface area contributed by atoms with Gasteiger partial charge in [0.2, 0.25) is 0 Å². The van der Waals surface area contributed by atoms with Crippen LogP contribution in [0.5, 0.6) is 0 Å². The lowest BCUT2D eigenvalue weighted by molar-refractivity contribution is 0.607. The first kappa shape index (κ1) is 15.9. The van der Waals surface area contributed by atoms with Crippen molar-refractivity contribution in [1.82, 2.24) is 9.97 Å². The van der Waals surface area contributed by atoms with Crippen molar-refractivity contribution in [2.45, 2.75) is 34.1 Å². The number of aromatic nitrogens is 2. The first-order valence-electron chi connectivity index (χ1n) is 8.10. The number of rotatable bonds is 5. The van der Waals surface area contributed by atoms with Crippen molar-refractivity contribution in [1.29, 1.82) is 0 Å². The van der Waals surface area contributed by atoms with Crippen molar-refractivity contribution in [3.63, 3.8) is 0 Å². The summed E-state index contributed by atoms with van der Waals surface area (Å²) in [6.07, 6.45) is 2.79. The Morgan fingerprint density at radius 1 is 1.13 bits per heavy atom. The van der Waals surface area contributed by atoms with E-state index in [9.17, 15) is 0 Å². The van der Waals surface area contributed by atoms with E-state index in [1.54, 1.807) is 17.7 Å². The molecule has 0 radical (unpaired) electrons. The molecule has 1 N–H and O–H groups in total. The largest absolute Gasteiger partial charge is 0.369 e. The smallest absolute Gasteiger partial charge is 0.138 e. The van der Waals surface area contributed by atoms with Crippen molar-refractivity contribution < 1.29 is 0 Å². The molecule has 120 valence electrons. The minimum absolute atomic E-state index is 0.682. The maximum atomic E-state index is 4.49. The monoisotopic (exact) mass is 325 g/mol. The van der Waals surface area contributed by atoms with E-state index in [0.29, 0.717) is 5.92 Å². The van der Waals surface area contributed by atoms with Gasteiger partial charge in [-0.15, -0.1) is 11.3 Å². The summed E-state index contributed by atoms with van der Waals surface area (Å²) in [5.41, 5.74) is 5.08. The van der Waals surface area contributed by atoms with Gasteiger partial charge in [-0.2, -0.15) is 0 Å². The lowest BCUT2D eigenvalue weighted by Gasteiger charge is -2.11. The lowest BCUT2D eigenvalue weighted by atomic mass is 9.99. The van der Waals surface area contributed by atoms with Gasteiger partial charge in [0.05, 0.1) is 5.39 Å². The molecule has 0 fully saturated rings. The second-order valence-corrected chi connectivity index (χ2v) is 7.34. The number of thiophene rings is 1. The Balaban J connectivity index is 2.04. The fraction of sp³-hybridized carbons (Fsp3) is 0.368. The molecule has 0 aliphatic carbocycles. The third-order valence-corrected chi connectivity index (χ3v) is 4.94. The topological polar surface area (TPSA) is 37.8 Å². The summed E-state index contributed by atoms with van der Waals surface area (Å²) in [4.78, 5) is 9.98. The van der Waals surface area contributed by atoms with E-state index in [1.165, 1.54) is 22.3 Å². The van der Waals surface area contributed by atoms with E-state index in [0.717, 1.165) is 29.0 Å². The highest BCUT2D eigenvalue weighted by Gasteiger charge is 2.14. The molecule has 3 rings (SSSR count). The molecule has 0 saturated heterocycles. The molecule has 2 heterocycles. The summed E-state index contributed by atoms with van der Waals surface area (Å²) >= 11 is 1.68. The molecule has 0 unspecified atom stereocenters. The zero-order chi connectivity index (χ0) is 16.4. The Labute approximate surface area is 141 Å². The highest BCUT2D eigenvalue weighted by molar-refractivity contribution is 7.17. The van der Waals surface area contributed by atoms with E-state index >= 15 is 0 Å². The summed E-state index contributed by atoms with van der Waals surface area (Å²) < 4.78 is 0. The number of nitrogens with zero attached hydrogens (tertiary/aromatic N) is 2. The molecule has 0 spiro atoms. The van der Waals surface area contributed by atoms with Crippen LogP contribution >= 0.6 is 11.3 Å². The second-order valence-electron chi connectivity index (χ2n) is 6.48. The molecular formula is C19H23N3S. The Kier molecular flexibility index (Phi) is 4.62. The molecule has 4 heteroatoms. The summed E-state index contributed by atoms with van der Waals surface area (Å²) in [6.45, 7) is 9.71. The van der Waals surface area contributed by atoms with Gasteiger partial charge in [0.15, 0.2) is 0 Å². The van der Waals surface area contributed by atoms with Crippen LogP contribution in [0.1, 0.15) is 31.4 Å². The van der Waals surface area contributed by atoms with Crippen LogP contribution in [0.15, 0.2) is 29.9 Å². The van der Waals surface area contributed by atoms with Gasteiger partial charge in [0.1, 0.15) is 17.0 Å². The maximum absolute atomic E-state index is 4.49. The molecule has 0 aliphatic rings. The molecule has 3 aromatic rings. The molecule has 0 bridgehead atoms. The first-order chi connectivity index (χ1) is 11.1. The Bertz CT molecular complexity index is 821. The standard InChI is InChI=1S/C19H23N3S/c1-12(2)7-8-20-18-17-16(10-23-19(17)22-11-21-18)15-6-5-13(3)9-14(15)4/h5-6,9-12H,7-8H2,1-4H3,(H,20,21,22). The van der Waals surface area contributed by atoms with Crippen molar-refractivity contribution >= 4 is 27.4 Å². The first-order valence-corrected chi connectivity index (χ1v) is 8.98. The fourth-order valence-corrected chi connectivity index (χ4v) is 3.71. The number of anilines is 1. The van der Waals surface area contributed by atoms with Crippen LogP contribution in [-0.2, 0) is 0 Å². The van der Waals surface area contributed by atoms with Crippen molar-refractivity contribution in [2.75, 3.05) is 11.9 Å². The predicted molar refractivity (Wildman–Crippen MR) is 100 cm³/mol. The van der Waals surface area contributed by atoms with Crippen LogP contribution in [0, 0.1) is 19.8 Å². The van der Waals surface area contributed by atoms with Crippen LogP contribution in [0.25, 0.3) is 21.3 Å². The number of fused-ring (bicyclic) bond motifs is 1. The van der Waals surface area contributed by atoms with Crippen molar-refractivity contribution in [2.24, 2.45) is 5.92 Å². The summed E-state index contributed by atoms with van der Waals surface area (Å²) in [5.74, 6) is 1.63. The third kappa shape index (κ3) is 3.37. The number of benzene rings is 1. The quantitative estimate of drug-likeness (QED) is 0.679. The van der Waals surface area contributed by atoms with E-state index in [2.05, 4.69) is 66.6 Å². The summed E-state index contributed by atoms with van der Waals surface area (Å²) in [6, 6.07) is 6.60. The summed E-state index contributed by atoms with van der Waals surface area (Å²) in [7, 11) is 0. The van der Waals surface area contributed by atoms with E-state index in [1.807, 2.05) is 0 Å². The minimum atomic E-state index is 0.682. The zero-order valence-corrected chi connectivity index (χ0v) is 15.0. The van der Waals surface area contributed by atoms with Gasteiger partial charge >= 0.3 is 0 Å². The zero-order valence-electron chi connectivity index (χ0n) is 14.2. The predicted octanol–water partition coefficient (Wildman–Crippen LogP) is 5.43. The highest BCUT2D eigenvalue weighted by atomic mass is 32.1. The van der Waals surface area contributed by atoms with Crippen LogP contribution in [0.3, 0.4) is 0 Å². The van der Waals surface area contributed by atoms with Crippen LogP contribution in [-0.4, -0.2) is 16.5 Å². The number of nitrogens with one attached hydrogen (secondary N) is 1. The van der Waals surface area contributed by atoms with Crippen molar-refractivity contribution in [3.05, 3.63) is 41.0 Å². The van der Waals surface area contributed by atoms with Gasteiger partial charge in [-0.05, 0) is 37.3 Å². The summed E-state index contributed by atoms with van der Waals surface area (Å²) in [5, 5.41) is 6.85. The van der Waals surface area contributed by atoms with E-state index in [4.69, 9.17) is 0 Å².